The van der Waals surface area contributed by atoms with Gasteiger partial charge in [-0.05, 0) is 55.9 Å². The number of aromatic nitrogens is 6. The molecule has 38 heavy (non-hydrogen) atoms. The van der Waals surface area contributed by atoms with Crippen LogP contribution in [-0.4, -0.2) is 35.7 Å². The molecule has 9 nitrogen and oxygen atoms in total. The standard InChI is InChI=1S/C29H35N7O2/c1-17-12-14-20(15-13-17)16-36-23-24(30-19(3)22-10-7-11-22)31-26(27-34-29(37)38-35-27)32-25(23)33-28(36)18(2)21-8-5-4-6-9-21/h4-6,8-9,17,19-20,22H,2,7,10-16H2,1,3H3,(H,30,31,32)(H,34,35,37)/t17?,19-,20?/m1/s1. The van der Waals surface area contributed by atoms with E-state index in [1.165, 1.54) is 44.9 Å². The summed E-state index contributed by atoms with van der Waals surface area (Å²) < 4.78 is 7.02. The highest BCUT2D eigenvalue weighted by atomic mass is 16.5. The number of fused-ring (bicyclic) bond motifs is 1. The van der Waals surface area contributed by atoms with Gasteiger partial charge in [-0.2, -0.15) is 0 Å². The predicted molar refractivity (Wildman–Crippen MR) is 148 cm³/mol. The maximum Gasteiger partial charge on any atom is 0.439 e. The molecule has 2 aliphatic rings. The van der Waals surface area contributed by atoms with Crippen LogP contribution in [-0.2, 0) is 6.54 Å². The van der Waals surface area contributed by atoms with E-state index in [9.17, 15) is 4.79 Å². The SMILES string of the molecule is C=C(c1ccccc1)c1nc2nc(-c3noc(=O)[nH]3)nc(N[C@H](C)C3CCC3)c2n1CC1CCC(C)CC1. The van der Waals surface area contributed by atoms with Gasteiger partial charge in [0.1, 0.15) is 11.3 Å². The first-order valence-electron chi connectivity index (χ1n) is 13.8. The molecule has 1 atom stereocenters. The fraction of sp³-hybridized carbons (Fsp3) is 0.483. The van der Waals surface area contributed by atoms with E-state index in [1.807, 2.05) is 18.2 Å². The van der Waals surface area contributed by atoms with Gasteiger partial charge in [-0.15, -0.1) is 0 Å². The number of nitrogens with one attached hydrogen (secondary N) is 2. The molecule has 3 aromatic heterocycles. The van der Waals surface area contributed by atoms with Gasteiger partial charge in [0.2, 0.25) is 11.6 Å². The molecule has 0 radical (unpaired) electrons. The van der Waals surface area contributed by atoms with Crippen LogP contribution in [0.15, 0.2) is 46.2 Å². The lowest BCUT2D eigenvalue weighted by Gasteiger charge is -2.32. The second-order valence-electron chi connectivity index (χ2n) is 11.2. The summed E-state index contributed by atoms with van der Waals surface area (Å²) in [6.45, 7) is 9.85. The Kier molecular flexibility index (Phi) is 6.59. The van der Waals surface area contributed by atoms with Crippen LogP contribution < -0.4 is 11.1 Å². The number of hydrogen-bond donors (Lipinski definition) is 2. The Bertz CT molecular complexity index is 1490. The first-order chi connectivity index (χ1) is 18.5. The summed E-state index contributed by atoms with van der Waals surface area (Å²) in [7, 11) is 0. The highest BCUT2D eigenvalue weighted by Crippen LogP contribution is 2.36. The average Bonchev–Trinajstić information content (AvgIpc) is 3.48. The summed E-state index contributed by atoms with van der Waals surface area (Å²) >= 11 is 0. The van der Waals surface area contributed by atoms with Crippen molar-refractivity contribution in [2.75, 3.05) is 5.32 Å². The molecule has 0 bridgehead atoms. The molecule has 4 aromatic rings. The Balaban J connectivity index is 1.50. The van der Waals surface area contributed by atoms with Crippen molar-refractivity contribution in [1.29, 1.82) is 0 Å². The van der Waals surface area contributed by atoms with Crippen LogP contribution in [0.4, 0.5) is 5.82 Å². The molecule has 2 aliphatic carbocycles. The molecule has 9 heteroatoms. The predicted octanol–water partition coefficient (Wildman–Crippen LogP) is 5.66. The second kappa shape index (κ2) is 10.2. The highest BCUT2D eigenvalue weighted by Gasteiger charge is 2.29. The van der Waals surface area contributed by atoms with Crippen LogP contribution in [0.3, 0.4) is 0 Å². The Morgan fingerprint density at radius 3 is 2.55 bits per heavy atom. The molecule has 2 N–H and O–H groups in total. The van der Waals surface area contributed by atoms with Crippen molar-refractivity contribution < 1.29 is 4.52 Å². The largest absolute Gasteiger partial charge is 0.439 e. The Morgan fingerprint density at radius 1 is 1.13 bits per heavy atom. The lowest BCUT2D eigenvalue weighted by Crippen LogP contribution is -2.31. The van der Waals surface area contributed by atoms with Crippen LogP contribution in [0.5, 0.6) is 0 Å². The monoisotopic (exact) mass is 513 g/mol. The third-order valence-electron chi connectivity index (χ3n) is 8.44. The molecule has 0 unspecified atom stereocenters. The van der Waals surface area contributed by atoms with E-state index in [2.05, 4.69) is 52.6 Å². The van der Waals surface area contributed by atoms with Crippen LogP contribution in [0.25, 0.3) is 28.4 Å². The quantitative estimate of drug-likeness (QED) is 0.312. The lowest BCUT2D eigenvalue weighted by atomic mass is 9.80. The molecule has 2 saturated carbocycles. The van der Waals surface area contributed by atoms with Crippen molar-refractivity contribution in [2.24, 2.45) is 17.8 Å². The first-order valence-corrected chi connectivity index (χ1v) is 13.8. The van der Waals surface area contributed by atoms with Crippen LogP contribution in [0, 0.1) is 17.8 Å². The number of H-pyrrole nitrogens is 1. The average molecular weight is 514 g/mol. The molecule has 0 spiro atoms. The van der Waals surface area contributed by atoms with Crippen molar-refractivity contribution in [2.45, 2.75) is 71.4 Å². The zero-order chi connectivity index (χ0) is 26.2. The number of aromatic amines is 1. The number of imidazole rings is 1. The molecule has 1 aromatic carbocycles. The normalized spacial score (nSPS) is 20.8. The Morgan fingerprint density at radius 2 is 1.89 bits per heavy atom. The molecule has 0 aliphatic heterocycles. The zero-order valence-corrected chi connectivity index (χ0v) is 22.1. The Labute approximate surface area is 221 Å². The summed E-state index contributed by atoms with van der Waals surface area (Å²) in [6.07, 6.45) is 8.56. The van der Waals surface area contributed by atoms with Crippen molar-refractivity contribution in [3.05, 3.63) is 58.8 Å². The van der Waals surface area contributed by atoms with E-state index in [-0.39, 0.29) is 17.7 Å². The van der Waals surface area contributed by atoms with Gasteiger partial charge in [0.15, 0.2) is 11.5 Å². The summed E-state index contributed by atoms with van der Waals surface area (Å²) in [6, 6.07) is 10.4. The maximum atomic E-state index is 11.7. The number of benzene rings is 1. The van der Waals surface area contributed by atoms with Crippen molar-refractivity contribution in [3.8, 4) is 11.6 Å². The highest BCUT2D eigenvalue weighted by molar-refractivity contribution is 5.89. The topological polar surface area (TPSA) is 115 Å². The van der Waals surface area contributed by atoms with Crippen LogP contribution in [0.2, 0.25) is 0 Å². The van der Waals surface area contributed by atoms with E-state index in [4.69, 9.17) is 19.5 Å². The third-order valence-corrected chi connectivity index (χ3v) is 8.44. The van der Waals surface area contributed by atoms with Crippen molar-refractivity contribution in [1.82, 2.24) is 29.7 Å². The van der Waals surface area contributed by atoms with Gasteiger partial charge >= 0.3 is 5.76 Å². The van der Waals surface area contributed by atoms with E-state index in [0.717, 1.165) is 34.9 Å². The smallest absolute Gasteiger partial charge is 0.365 e. The summed E-state index contributed by atoms with van der Waals surface area (Å²) in [5, 5.41) is 7.53. The summed E-state index contributed by atoms with van der Waals surface area (Å²) in [5.74, 6) is 3.26. The maximum absolute atomic E-state index is 11.7. The fourth-order valence-electron chi connectivity index (χ4n) is 5.79. The van der Waals surface area contributed by atoms with Crippen LogP contribution >= 0.6 is 0 Å². The van der Waals surface area contributed by atoms with Crippen molar-refractivity contribution >= 4 is 22.6 Å². The Hall–Kier alpha value is -3.75. The molecule has 198 valence electrons. The van der Waals surface area contributed by atoms with E-state index < -0.39 is 5.76 Å². The molecule has 3 heterocycles. The van der Waals surface area contributed by atoms with Gasteiger partial charge in [0.05, 0.1) is 0 Å². The van der Waals surface area contributed by atoms with Gasteiger partial charge < -0.3 is 9.88 Å². The van der Waals surface area contributed by atoms with Gasteiger partial charge in [0.25, 0.3) is 0 Å². The first kappa shape index (κ1) is 24.6. The van der Waals surface area contributed by atoms with Crippen molar-refractivity contribution in [3.63, 3.8) is 0 Å². The summed E-state index contributed by atoms with van der Waals surface area (Å²) in [4.78, 5) is 28.9. The molecular formula is C29H35N7O2. The molecule has 0 amide bonds. The van der Waals surface area contributed by atoms with E-state index in [0.29, 0.717) is 23.3 Å². The molecular weight excluding hydrogens is 478 g/mol. The van der Waals surface area contributed by atoms with Gasteiger partial charge in [-0.25, -0.2) is 19.7 Å². The fourth-order valence-corrected chi connectivity index (χ4v) is 5.79. The number of rotatable bonds is 8. The minimum atomic E-state index is -0.642. The third kappa shape index (κ3) is 4.77. The van der Waals surface area contributed by atoms with Gasteiger partial charge in [-0.3, -0.25) is 9.51 Å². The van der Waals surface area contributed by atoms with Gasteiger partial charge in [0, 0.05) is 18.2 Å². The molecule has 2 fully saturated rings. The minimum absolute atomic E-state index is 0.190. The summed E-state index contributed by atoms with van der Waals surface area (Å²) in [5.41, 5.74) is 3.30. The number of nitrogens with zero attached hydrogens (tertiary/aromatic N) is 5. The van der Waals surface area contributed by atoms with Gasteiger partial charge in [-0.1, -0.05) is 68.3 Å². The number of anilines is 1. The molecule has 6 rings (SSSR count). The lowest BCUT2D eigenvalue weighted by molar-refractivity contribution is 0.266. The second-order valence-corrected chi connectivity index (χ2v) is 11.2. The molecule has 0 saturated heterocycles. The van der Waals surface area contributed by atoms with Crippen LogP contribution in [0.1, 0.15) is 70.2 Å². The zero-order valence-electron chi connectivity index (χ0n) is 22.1. The van der Waals surface area contributed by atoms with E-state index in [1.54, 1.807) is 0 Å². The minimum Gasteiger partial charge on any atom is -0.365 e. The van der Waals surface area contributed by atoms with E-state index >= 15 is 0 Å². The number of hydrogen-bond acceptors (Lipinski definition) is 7.